The molecule has 0 spiro atoms. The molecular weight excluding hydrogens is 304 g/mol. The number of nitrogens with one attached hydrogen (secondary N) is 2. The molecule has 1 fully saturated rings. The van der Waals surface area contributed by atoms with Gasteiger partial charge in [0.15, 0.2) is 0 Å². The van der Waals surface area contributed by atoms with Crippen molar-refractivity contribution >= 4 is 21.7 Å². The molecule has 1 aliphatic rings. The van der Waals surface area contributed by atoms with Crippen molar-refractivity contribution in [2.45, 2.75) is 18.8 Å². The second-order valence-corrected chi connectivity index (χ2v) is 7.42. The summed E-state index contributed by atoms with van der Waals surface area (Å²) in [6.07, 6.45) is 2.98. The number of likely N-dealkylation sites (N-methyl/N-ethyl adjacent to an activating group) is 1. The molecule has 122 valence electrons. The fourth-order valence-corrected chi connectivity index (χ4v) is 3.43. The van der Waals surface area contributed by atoms with E-state index in [-0.39, 0.29) is 18.4 Å². The average molecular weight is 326 g/mol. The van der Waals surface area contributed by atoms with Crippen molar-refractivity contribution in [1.82, 2.24) is 14.6 Å². The molecule has 0 radical (unpaired) electrons. The number of piperidine rings is 1. The highest BCUT2D eigenvalue weighted by atomic mass is 32.2. The molecule has 2 rings (SSSR count). The van der Waals surface area contributed by atoms with E-state index in [1.165, 1.54) is 10.6 Å². The molecule has 2 heterocycles. The maximum absolute atomic E-state index is 11.7. The van der Waals surface area contributed by atoms with Gasteiger partial charge in [0.2, 0.25) is 15.9 Å². The summed E-state index contributed by atoms with van der Waals surface area (Å²) in [4.78, 5) is 15.8. The normalized spacial score (nSPS) is 19.6. The predicted molar refractivity (Wildman–Crippen MR) is 85.2 cm³/mol. The van der Waals surface area contributed by atoms with Gasteiger partial charge in [0, 0.05) is 31.7 Å². The lowest BCUT2D eigenvalue weighted by Gasteiger charge is -2.30. The maximum Gasteiger partial charge on any atom is 0.239 e. The molecule has 0 saturated carbocycles. The molecule has 2 N–H and O–H groups in total. The molecule has 1 aromatic heterocycles. The van der Waals surface area contributed by atoms with E-state index < -0.39 is 10.0 Å². The summed E-state index contributed by atoms with van der Waals surface area (Å²) in [6, 6.07) is 5.57. The molecule has 1 atom stereocenters. The van der Waals surface area contributed by atoms with Crippen LogP contribution in [0.15, 0.2) is 18.2 Å². The largest absolute Gasteiger partial charge is 0.361 e. The highest BCUT2D eigenvalue weighted by Gasteiger charge is 2.27. The predicted octanol–water partition coefficient (Wildman–Crippen LogP) is 0.378. The Hall–Kier alpha value is -1.67. The molecule has 1 aromatic rings. The Morgan fingerprint density at radius 2 is 2.23 bits per heavy atom. The minimum absolute atomic E-state index is 0.0882. The Labute approximate surface area is 131 Å². The number of pyridine rings is 1. The van der Waals surface area contributed by atoms with Gasteiger partial charge in [0.1, 0.15) is 5.82 Å². The van der Waals surface area contributed by atoms with Crippen molar-refractivity contribution in [3.8, 4) is 0 Å². The monoisotopic (exact) mass is 326 g/mol. The minimum atomic E-state index is -3.16. The van der Waals surface area contributed by atoms with Gasteiger partial charge in [0.05, 0.1) is 12.8 Å². The van der Waals surface area contributed by atoms with Crippen LogP contribution in [0.4, 0.5) is 5.82 Å². The van der Waals surface area contributed by atoms with Gasteiger partial charge in [-0.25, -0.2) is 17.7 Å². The molecule has 7 nitrogen and oxygen atoms in total. The highest BCUT2D eigenvalue weighted by molar-refractivity contribution is 7.88. The maximum atomic E-state index is 11.7. The van der Waals surface area contributed by atoms with Crippen LogP contribution in [0.3, 0.4) is 0 Å². The summed E-state index contributed by atoms with van der Waals surface area (Å²) in [5.74, 6) is 0.593. The van der Waals surface area contributed by atoms with E-state index >= 15 is 0 Å². The number of sulfonamides is 1. The third-order valence-electron chi connectivity index (χ3n) is 3.75. The van der Waals surface area contributed by atoms with Crippen molar-refractivity contribution in [2.24, 2.45) is 0 Å². The van der Waals surface area contributed by atoms with E-state index in [9.17, 15) is 13.2 Å². The quantitative estimate of drug-likeness (QED) is 0.816. The van der Waals surface area contributed by atoms with Gasteiger partial charge >= 0.3 is 0 Å². The van der Waals surface area contributed by atoms with Gasteiger partial charge in [-0.05, 0) is 25.0 Å². The van der Waals surface area contributed by atoms with E-state index in [1.807, 2.05) is 12.1 Å². The van der Waals surface area contributed by atoms with Crippen molar-refractivity contribution in [3.05, 3.63) is 23.9 Å². The summed E-state index contributed by atoms with van der Waals surface area (Å²) in [6.45, 7) is 1.20. The van der Waals surface area contributed by atoms with Gasteiger partial charge in [-0.1, -0.05) is 6.07 Å². The summed E-state index contributed by atoms with van der Waals surface area (Å²) in [5.41, 5.74) is 0.857. The zero-order valence-electron chi connectivity index (χ0n) is 12.9. The molecular formula is C14H22N4O3S. The summed E-state index contributed by atoms with van der Waals surface area (Å²) in [7, 11) is -1.59. The summed E-state index contributed by atoms with van der Waals surface area (Å²) >= 11 is 0. The Morgan fingerprint density at radius 1 is 1.45 bits per heavy atom. The first-order chi connectivity index (χ1) is 10.4. The fourth-order valence-electron chi connectivity index (χ4n) is 2.52. The van der Waals surface area contributed by atoms with Crippen LogP contribution in [0.2, 0.25) is 0 Å². The van der Waals surface area contributed by atoms with Gasteiger partial charge < -0.3 is 10.6 Å². The number of anilines is 1. The lowest BCUT2D eigenvalue weighted by molar-refractivity contribution is -0.118. The van der Waals surface area contributed by atoms with Crippen LogP contribution < -0.4 is 10.6 Å². The number of rotatable bonds is 5. The van der Waals surface area contributed by atoms with E-state index in [0.717, 1.165) is 18.5 Å². The van der Waals surface area contributed by atoms with Crippen LogP contribution in [0.25, 0.3) is 0 Å². The first-order valence-corrected chi connectivity index (χ1v) is 9.11. The Bertz CT molecular complexity index is 633. The standard InChI is InChI=1S/C14H22N4O3S/c1-15-14(19)9-16-13-7-3-6-12(17-13)11-5-4-8-18(10-11)22(2,20)21/h3,6-7,11H,4-5,8-10H2,1-2H3,(H,15,19)(H,16,17)/t11-/m0/s1. The Morgan fingerprint density at radius 3 is 2.91 bits per heavy atom. The lowest BCUT2D eigenvalue weighted by Crippen LogP contribution is -2.38. The summed E-state index contributed by atoms with van der Waals surface area (Å²) < 4.78 is 24.9. The minimum Gasteiger partial charge on any atom is -0.361 e. The second kappa shape index (κ2) is 7.06. The topological polar surface area (TPSA) is 91.4 Å². The van der Waals surface area contributed by atoms with Gasteiger partial charge in [0.25, 0.3) is 0 Å². The Kier molecular flexibility index (Phi) is 5.36. The Balaban J connectivity index is 2.07. The zero-order chi connectivity index (χ0) is 16.2. The number of hydrogen-bond acceptors (Lipinski definition) is 5. The average Bonchev–Trinajstić information content (AvgIpc) is 2.52. The van der Waals surface area contributed by atoms with Crippen LogP contribution in [0.5, 0.6) is 0 Å². The number of carbonyl (C=O) groups excluding carboxylic acids is 1. The van der Waals surface area contributed by atoms with Gasteiger partial charge in [-0.3, -0.25) is 4.79 Å². The van der Waals surface area contributed by atoms with Crippen molar-refractivity contribution in [2.75, 3.05) is 38.3 Å². The SMILES string of the molecule is CNC(=O)CNc1cccc([C@H]2CCCN(S(C)(=O)=O)C2)n1. The molecule has 0 bridgehead atoms. The van der Waals surface area contributed by atoms with E-state index in [2.05, 4.69) is 15.6 Å². The van der Waals surface area contributed by atoms with E-state index in [1.54, 1.807) is 13.1 Å². The molecule has 22 heavy (non-hydrogen) atoms. The first-order valence-electron chi connectivity index (χ1n) is 7.26. The molecule has 0 aliphatic carbocycles. The molecule has 1 saturated heterocycles. The second-order valence-electron chi connectivity index (χ2n) is 5.43. The fraction of sp³-hybridized carbons (Fsp3) is 0.571. The molecule has 1 amide bonds. The van der Waals surface area contributed by atoms with Crippen molar-refractivity contribution in [1.29, 1.82) is 0 Å². The smallest absolute Gasteiger partial charge is 0.239 e. The number of nitrogens with zero attached hydrogens (tertiary/aromatic N) is 2. The van der Waals surface area contributed by atoms with Crippen LogP contribution in [0.1, 0.15) is 24.5 Å². The van der Waals surface area contributed by atoms with Crippen LogP contribution >= 0.6 is 0 Å². The van der Waals surface area contributed by atoms with Crippen molar-refractivity contribution < 1.29 is 13.2 Å². The number of amides is 1. The third kappa shape index (κ3) is 4.41. The molecule has 1 aliphatic heterocycles. The third-order valence-corrected chi connectivity index (χ3v) is 5.02. The van der Waals surface area contributed by atoms with Crippen molar-refractivity contribution in [3.63, 3.8) is 0 Å². The van der Waals surface area contributed by atoms with E-state index in [4.69, 9.17) is 0 Å². The summed E-state index contributed by atoms with van der Waals surface area (Å²) in [5, 5.41) is 5.49. The molecule has 8 heteroatoms. The zero-order valence-corrected chi connectivity index (χ0v) is 13.7. The van der Waals surface area contributed by atoms with Crippen LogP contribution in [0, 0.1) is 0 Å². The highest BCUT2D eigenvalue weighted by Crippen LogP contribution is 2.27. The van der Waals surface area contributed by atoms with E-state index in [0.29, 0.717) is 18.9 Å². The van der Waals surface area contributed by atoms with Crippen LogP contribution in [-0.4, -0.2) is 56.6 Å². The molecule has 0 unspecified atom stereocenters. The first kappa shape index (κ1) is 16.7. The van der Waals surface area contributed by atoms with Crippen LogP contribution in [-0.2, 0) is 14.8 Å². The lowest BCUT2D eigenvalue weighted by atomic mass is 9.95. The number of aromatic nitrogens is 1. The van der Waals surface area contributed by atoms with Gasteiger partial charge in [-0.2, -0.15) is 0 Å². The number of hydrogen-bond donors (Lipinski definition) is 2. The number of carbonyl (C=O) groups is 1. The van der Waals surface area contributed by atoms with Gasteiger partial charge in [-0.15, -0.1) is 0 Å². The molecule has 0 aromatic carbocycles.